The molecule has 2 aliphatic heterocycles. The fraction of sp³-hybridized carbons (Fsp3) is 0.654. The SMILES string of the molecule is CN1CCN(c2ccc(S(=O)(=O)C3CC(C(=O)NC4(C#N)CC4)N(C(=O)OC(C)(C)C)C3)c(C(F)(F)F)c2)CC1. The zero-order valence-corrected chi connectivity index (χ0v) is 23.7. The molecule has 10 nitrogen and oxygen atoms in total. The number of carbonyl (C=O) groups is 2. The van der Waals surface area contributed by atoms with Gasteiger partial charge in [0.25, 0.3) is 0 Å². The second kappa shape index (κ2) is 10.4. The molecule has 2 saturated heterocycles. The molecule has 2 unspecified atom stereocenters. The van der Waals surface area contributed by atoms with Crippen LogP contribution in [-0.2, 0) is 25.5 Å². The van der Waals surface area contributed by atoms with Gasteiger partial charge in [0.2, 0.25) is 5.91 Å². The third-order valence-corrected chi connectivity index (χ3v) is 9.59. The molecule has 220 valence electrons. The Labute approximate surface area is 231 Å². The lowest BCUT2D eigenvalue weighted by Crippen LogP contribution is -2.50. The van der Waals surface area contributed by atoms with Crippen LogP contribution in [0.3, 0.4) is 0 Å². The lowest BCUT2D eigenvalue weighted by atomic mass is 10.1. The fourth-order valence-electron chi connectivity index (χ4n) is 4.93. The molecule has 1 N–H and O–H groups in total. The van der Waals surface area contributed by atoms with Gasteiger partial charge in [-0.2, -0.15) is 18.4 Å². The number of ether oxygens (including phenoxy) is 1. The molecule has 2 atom stereocenters. The Balaban J connectivity index is 1.66. The van der Waals surface area contributed by atoms with Crippen LogP contribution in [0.1, 0.15) is 45.6 Å². The Morgan fingerprint density at radius 2 is 1.75 bits per heavy atom. The van der Waals surface area contributed by atoms with Gasteiger partial charge in [-0.05, 0) is 65.3 Å². The number of carbonyl (C=O) groups excluding carboxylic acids is 2. The number of nitrogens with zero attached hydrogens (tertiary/aromatic N) is 4. The van der Waals surface area contributed by atoms with Gasteiger partial charge in [0, 0.05) is 38.4 Å². The highest BCUT2D eigenvalue weighted by Gasteiger charge is 2.52. The molecule has 1 aromatic carbocycles. The maximum atomic E-state index is 14.2. The Bertz CT molecular complexity index is 1310. The zero-order valence-electron chi connectivity index (χ0n) is 22.9. The highest BCUT2D eigenvalue weighted by atomic mass is 32.2. The quantitative estimate of drug-likeness (QED) is 0.560. The minimum absolute atomic E-state index is 0.268. The van der Waals surface area contributed by atoms with E-state index in [0.717, 1.165) is 17.0 Å². The van der Waals surface area contributed by atoms with Crippen molar-refractivity contribution in [2.75, 3.05) is 44.7 Å². The van der Waals surface area contributed by atoms with Crippen molar-refractivity contribution >= 4 is 27.5 Å². The van der Waals surface area contributed by atoms with Crippen molar-refractivity contribution < 1.29 is 35.9 Å². The van der Waals surface area contributed by atoms with Crippen LogP contribution in [0.25, 0.3) is 0 Å². The molecule has 1 saturated carbocycles. The van der Waals surface area contributed by atoms with Gasteiger partial charge in [-0.3, -0.25) is 9.69 Å². The summed E-state index contributed by atoms with van der Waals surface area (Å²) in [4.78, 5) is 30.0. The van der Waals surface area contributed by atoms with Crippen molar-refractivity contribution in [3.63, 3.8) is 0 Å². The maximum Gasteiger partial charge on any atom is 0.417 e. The number of likely N-dealkylation sites (tertiary alicyclic amines) is 1. The largest absolute Gasteiger partial charge is 0.444 e. The summed E-state index contributed by atoms with van der Waals surface area (Å²) in [5.41, 5.74) is -3.08. The number of hydrogen-bond donors (Lipinski definition) is 1. The summed E-state index contributed by atoms with van der Waals surface area (Å²) in [5, 5.41) is 10.4. The summed E-state index contributed by atoms with van der Waals surface area (Å²) in [5.74, 6) is -0.746. The van der Waals surface area contributed by atoms with Crippen LogP contribution in [0.2, 0.25) is 0 Å². The summed E-state index contributed by atoms with van der Waals surface area (Å²) < 4.78 is 75.5. The molecule has 3 aliphatic rings. The van der Waals surface area contributed by atoms with Crippen LogP contribution < -0.4 is 10.2 Å². The van der Waals surface area contributed by atoms with E-state index in [1.807, 2.05) is 18.0 Å². The monoisotopic (exact) mass is 585 g/mol. The number of piperazine rings is 1. The Morgan fingerprint density at radius 3 is 2.27 bits per heavy atom. The normalized spacial score (nSPS) is 23.4. The standard InChI is InChI=1S/C26H34F3N5O5S/c1-24(2,3)39-23(36)34-15-18(14-20(34)22(35)31-25(16-30)7-8-25)40(37,38)21-6-5-17(13-19(21)26(27,28)29)33-11-9-32(4)10-12-33/h5-6,13,18,20H,7-12,14-15H2,1-4H3,(H,31,35). The smallest absolute Gasteiger partial charge is 0.417 e. The van der Waals surface area contributed by atoms with Crippen LogP contribution in [0.4, 0.5) is 23.7 Å². The molecule has 2 heterocycles. The van der Waals surface area contributed by atoms with Crippen molar-refractivity contribution in [3.8, 4) is 6.07 Å². The Hall–Kier alpha value is -3.05. The van der Waals surface area contributed by atoms with Crippen molar-refractivity contribution in [1.29, 1.82) is 5.26 Å². The van der Waals surface area contributed by atoms with Crippen molar-refractivity contribution in [3.05, 3.63) is 23.8 Å². The fourth-order valence-corrected chi connectivity index (χ4v) is 6.82. The molecule has 0 bridgehead atoms. The average molecular weight is 586 g/mol. The zero-order chi connectivity index (χ0) is 29.7. The van der Waals surface area contributed by atoms with E-state index in [9.17, 15) is 36.4 Å². The van der Waals surface area contributed by atoms with E-state index in [1.165, 1.54) is 6.07 Å². The number of rotatable bonds is 5. The van der Waals surface area contributed by atoms with E-state index in [1.54, 1.807) is 25.7 Å². The number of halogens is 3. The van der Waals surface area contributed by atoms with E-state index in [4.69, 9.17) is 4.74 Å². The summed E-state index contributed by atoms with van der Waals surface area (Å²) in [7, 11) is -2.75. The van der Waals surface area contributed by atoms with Crippen molar-refractivity contribution in [2.24, 2.45) is 0 Å². The minimum Gasteiger partial charge on any atom is -0.444 e. The van der Waals surface area contributed by atoms with Crippen LogP contribution in [-0.4, -0.2) is 92.4 Å². The first-order chi connectivity index (χ1) is 18.5. The number of nitrogens with one attached hydrogen (secondary N) is 1. The Morgan fingerprint density at radius 1 is 1.12 bits per heavy atom. The number of hydrogen-bond acceptors (Lipinski definition) is 8. The van der Waals surface area contributed by atoms with Gasteiger partial charge in [-0.15, -0.1) is 0 Å². The molecule has 0 radical (unpaired) electrons. The van der Waals surface area contributed by atoms with Crippen LogP contribution in [0.5, 0.6) is 0 Å². The second-order valence-corrected chi connectivity index (χ2v) is 13.9. The van der Waals surface area contributed by atoms with Gasteiger partial charge in [-0.1, -0.05) is 0 Å². The third kappa shape index (κ3) is 6.30. The van der Waals surface area contributed by atoms with E-state index in [0.29, 0.717) is 39.0 Å². The minimum atomic E-state index is -4.96. The predicted molar refractivity (Wildman–Crippen MR) is 139 cm³/mol. The molecule has 0 aromatic heterocycles. The highest BCUT2D eigenvalue weighted by molar-refractivity contribution is 7.92. The number of likely N-dealkylation sites (N-methyl/N-ethyl adjacent to an activating group) is 1. The van der Waals surface area contributed by atoms with Crippen LogP contribution in [0, 0.1) is 11.3 Å². The van der Waals surface area contributed by atoms with E-state index < -0.39 is 73.9 Å². The summed E-state index contributed by atoms with van der Waals surface area (Å²) in [6, 6.07) is 3.85. The van der Waals surface area contributed by atoms with Gasteiger partial charge in [0.05, 0.1) is 21.8 Å². The lowest BCUT2D eigenvalue weighted by Gasteiger charge is -2.34. The number of sulfone groups is 1. The van der Waals surface area contributed by atoms with Crippen LogP contribution >= 0.6 is 0 Å². The third-order valence-electron chi connectivity index (χ3n) is 7.40. The first-order valence-electron chi connectivity index (χ1n) is 13.1. The average Bonchev–Trinajstić information content (AvgIpc) is 3.47. The van der Waals surface area contributed by atoms with E-state index in [-0.39, 0.29) is 5.69 Å². The highest BCUT2D eigenvalue weighted by Crippen LogP contribution is 2.40. The summed E-state index contributed by atoms with van der Waals surface area (Å²) in [6.07, 6.45) is -5.55. The molecular formula is C26H34F3N5O5S. The van der Waals surface area contributed by atoms with E-state index >= 15 is 0 Å². The summed E-state index contributed by atoms with van der Waals surface area (Å²) in [6.45, 7) is 6.54. The number of benzene rings is 1. The summed E-state index contributed by atoms with van der Waals surface area (Å²) >= 11 is 0. The van der Waals surface area contributed by atoms with Gasteiger partial charge in [0.15, 0.2) is 9.84 Å². The molecule has 3 fully saturated rings. The molecule has 1 aromatic rings. The molecule has 0 spiro atoms. The van der Waals surface area contributed by atoms with Gasteiger partial charge >= 0.3 is 12.3 Å². The van der Waals surface area contributed by atoms with Crippen molar-refractivity contribution in [2.45, 2.75) is 73.5 Å². The second-order valence-electron chi connectivity index (χ2n) is 11.7. The topological polar surface area (TPSA) is 123 Å². The molecule has 1 aliphatic carbocycles. The first kappa shape index (κ1) is 29.9. The number of nitriles is 1. The van der Waals surface area contributed by atoms with E-state index in [2.05, 4.69) is 5.32 Å². The van der Waals surface area contributed by atoms with Gasteiger partial charge in [-0.25, -0.2) is 13.2 Å². The number of anilines is 1. The van der Waals surface area contributed by atoms with Crippen LogP contribution in [0.15, 0.2) is 23.1 Å². The maximum absolute atomic E-state index is 14.2. The molecule has 2 amide bonds. The predicted octanol–water partition coefficient (Wildman–Crippen LogP) is 2.78. The first-order valence-corrected chi connectivity index (χ1v) is 14.6. The Kier molecular flexibility index (Phi) is 7.79. The number of alkyl halides is 3. The molecule has 40 heavy (non-hydrogen) atoms. The lowest BCUT2D eigenvalue weighted by molar-refractivity contribution is -0.139. The number of amides is 2. The molecular weight excluding hydrogens is 551 g/mol. The van der Waals surface area contributed by atoms with Crippen molar-refractivity contribution in [1.82, 2.24) is 15.1 Å². The molecule has 4 rings (SSSR count). The van der Waals surface area contributed by atoms with Gasteiger partial charge in [0.1, 0.15) is 17.2 Å². The van der Waals surface area contributed by atoms with Gasteiger partial charge < -0.3 is 19.9 Å². The molecule has 14 heteroatoms.